The van der Waals surface area contributed by atoms with E-state index in [4.69, 9.17) is 0 Å². The van der Waals surface area contributed by atoms with Gasteiger partial charge in [0, 0.05) is 51.5 Å². The fraction of sp³-hybridized carbons (Fsp3) is 0.583. The van der Waals surface area contributed by atoms with Crippen LogP contribution in [0, 0.1) is 0 Å². The molecule has 1 aromatic heterocycles. The third-order valence-electron chi connectivity index (χ3n) is 3.03. The van der Waals surface area contributed by atoms with Crippen molar-refractivity contribution in [3.8, 4) is 0 Å². The second kappa shape index (κ2) is 6.77. The van der Waals surface area contributed by atoms with E-state index in [0.717, 1.165) is 19.5 Å². The second-order valence-electron chi connectivity index (χ2n) is 4.47. The smallest absolute Gasteiger partial charge is 0.317 e. The van der Waals surface area contributed by atoms with Crippen LogP contribution in [-0.2, 0) is 11.3 Å². The van der Waals surface area contributed by atoms with Crippen LogP contribution in [0.15, 0.2) is 18.7 Å². The molecule has 0 aliphatic carbocycles. The lowest BCUT2D eigenvalue weighted by molar-refractivity contribution is -0.121. The number of carbonyl (C=O) groups excluding carboxylic acids is 2. The summed E-state index contributed by atoms with van der Waals surface area (Å²) in [6.07, 6.45) is 6.62. The standard InChI is InChI=1S/C12H19N5O2/c18-11(2-1-6-16-7-3-13-10-16)14-4-8-17-9-5-15-12(17)19/h3,7,10H,1-2,4-6,8-9H2,(H,14,18)(H,15,19). The molecule has 0 spiro atoms. The average molecular weight is 265 g/mol. The molecule has 1 aliphatic rings. The molecule has 0 atom stereocenters. The van der Waals surface area contributed by atoms with E-state index in [2.05, 4.69) is 15.6 Å². The summed E-state index contributed by atoms with van der Waals surface area (Å²) >= 11 is 0. The van der Waals surface area contributed by atoms with Crippen LogP contribution in [0.3, 0.4) is 0 Å². The van der Waals surface area contributed by atoms with Gasteiger partial charge in [-0.1, -0.05) is 0 Å². The summed E-state index contributed by atoms with van der Waals surface area (Å²) in [6, 6.07) is -0.0469. The topological polar surface area (TPSA) is 79.3 Å². The van der Waals surface area contributed by atoms with Crippen molar-refractivity contribution in [2.75, 3.05) is 26.2 Å². The van der Waals surface area contributed by atoms with Gasteiger partial charge >= 0.3 is 6.03 Å². The molecule has 7 heteroatoms. The minimum atomic E-state index is -0.0469. The molecule has 0 aromatic carbocycles. The van der Waals surface area contributed by atoms with Crippen molar-refractivity contribution < 1.29 is 9.59 Å². The number of nitrogens with zero attached hydrogens (tertiary/aromatic N) is 3. The van der Waals surface area contributed by atoms with Gasteiger partial charge in [-0.25, -0.2) is 9.78 Å². The molecule has 1 aliphatic heterocycles. The van der Waals surface area contributed by atoms with Crippen LogP contribution in [0.5, 0.6) is 0 Å². The van der Waals surface area contributed by atoms with Crippen molar-refractivity contribution in [2.24, 2.45) is 0 Å². The molecule has 1 saturated heterocycles. The van der Waals surface area contributed by atoms with E-state index >= 15 is 0 Å². The van der Waals surface area contributed by atoms with Crippen LogP contribution < -0.4 is 10.6 Å². The predicted octanol–water partition coefficient (Wildman–Crippen LogP) is -0.195. The highest BCUT2D eigenvalue weighted by Crippen LogP contribution is 1.96. The first-order chi connectivity index (χ1) is 9.25. The summed E-state index contributed by atoms with van der Waals surface area (Å²) < 4.78 is 1.95. The summed E-state index contributed by atoms with van der Waals surface area (Å²) in [5.74, 6) is 0.0275. The van der Waals surface area contributed by atoms with E-state index in [-0.39, 0.29) is 11.9 Å². The Morgan fingerprint density at radius 3 is 3.05 bits per heavy atom. The van der Waals surface area contributed by atoms with E-state index in [0.29, 0.717) is 26.1 Å². The minimum Gasteiger partial charge on any atom is -0.354 e. The van der Waals surface area contributed by atoms with Crippen LogP contribution in [0.2, 0.25) is 0 Å². The number of urea groups is 1. The molecule has 1 fully saturated rings. The van der Waals surface area contributed by atoms with Gasteiger partial charge in [0.05, 0.1) is 6.33 Å². The van der Waals surface area contributed by atoms with E-state index in [1.807, 2.05) is 10.8 Å². The number of hydrogen-bond acceptors (Lipinski definition) is 3. The second-order valence-corrected chi connectivity index (χ2v) is 4.47. The number of aryl methyl sites for hydroxylation is 1. The molecule has 0 bridgehead atoms. The van der Waals surface area contributed by atoms with Crippen LogP contribution >= 0.6 is 0 Å². The lowest BCUT2D eigenvalue weighted by Gasteiger charge is -2.14. The van der Waals surface area contributed by atoms with Crippen LogP contribution in [-0.4, -0.2) is 52.6 Å². The van der Waals surface area contributed by atoms with Gasteiger partial charge in [0.25, 0.3) is 0 Å². The molecule has 19 heavy (non-hydrogen) atoms. The largest absolute Gasteiger partial charge is 0.354 e. The Hall–Kier alpha value is -2.05. The van der Waals surface area contributed by atoms with E-state index in [1.54, 1.807) is 17.4 Å². The van der Waals surface area contributed by atoms with Crippen LogP contribution in [0.1, 0.15) is 12.8 Å². The molecule has 1 aromatic rings. The fourth-order valence-corrected chi connectivity index (χ4v) is 1.98. The lowest BCUT2D eigenvalue weighted by Crippen LogP contribution is -2.36. The van der Waals surface area contributed by atoms with Gasteiger partial charge in [-0.2, -0.15) is 0 Å². The van der Waals surface area contributed by atoms with E-state index in [9.17, 15) is 9.59 Å². The van der Waals surface area contributed by atoms with Gasteiger partial charge in [0.1, 0.15) is 0 Å². The minimum absolute atomic E-state index is 0.0275. The van der Waals surface area contributed by atoms with Gasteiger partial charge in [-0.05, 0) is 6.42 Å². The zero-order valence-corrected chi connectivity index (χ0v) is 10.8. The van der Waals surface area contributed by atoms with Crippen molar-refractivity contribution in [2.45, 2.75) is 19.4 Å². The summed E-state index contributed by atoms with van der Waals surface area (Å²) in [7, 11) is 0. The summed E-state index contributed by atoms with van der Waals surface area (Å²) in [4.78, 5) is 28.5. The summed E-state index contributed by atoms with van der Waals surface area (Å²) in [5, 5.41) is 5.55. The number of hydrogen-bond donors (Lipinski definition) is 2. The van der Waals surface area contributed by atoms with Crippen molar-refractivity contribution in [1.82, 2.24) is 25.1 Å². The first-order valence-electron chi connectivity index (χ1n) is 6.51. The normalized spacial score (nSPS) is 14.5. The van der Waals surface area contributed by atoms with Crippen LogP contribution in [0.4, 0.5) is 4.79 Å². The molecular formula is C12H19N5O2. The highest BCUT2D eigenvalue weighted by Gasteiger charge is 2.18. The van der Waals surface area contributed by atoms with Gasteiger partial charge in [-0.3, -0.25) is 4.79 Å². The molecule has 2 N–H and O–H groups in total. The number of nitrogens with one attached hydrogen (secondary N) is 2. The predicted molar refractivity (Wildman–Crippen MR) is 69.4 cm³/mol. The number of aromatic nitrogens is 2. The molecule has 7 nitrogen and oxygen atoms in total. The number of carbonyl (C=O) groups is 2. The highest BCUT2D eigenvalue weighted by atomic mass is 16.2. The van der Waals surface area contributed by atoms with Crippen LogP contribution in [0.25, 0.3) is 0 Å². The van der Waals surface area contributed by atoms with Gasteiger partial charge in [0.2, 0.25) is 5.91 Å². The van der Waals surface area contributed by atoms with Gasteiger partial charge < -0.3 is 20.1 Å². The monoisotopic (exact) mass is 265 g/mol. The molecule has 104 valence electrons. The zero-order chi connectivity index (χ0) is 13.5. The number of rotatable bonds is 7. The molecule has 0 saturated carbocycles. The molecule has 3 amide bonds. The average Bonchev–Trinajstić information content (AvgIpc) is 3.02. The van der Waals surface area contributed by atoms with E-state index in [1.165, 1.54) is 0 Å². The van der Waals surface area contributed by atoms with E-state index < -0.39 is 0 Å². The van der Waals surface area contributed by atoms with Crippen molar-refractivity contribution in [3.05, 3.63) is 18.7 Å². The van der Waals surface area contributed by atoms with Crippen molar-refractivity contribution in [1.29, 1.82) is 0 Å². The Labute approximate surface area is 112 Å². The third kappa shape index (κ3) is 4.27. The maximum absolute atomic E-state index is 11.6. The number of imidazole rings is 1. The molecule has 0 unspecified atom stereocenters. The van der Waals surface area contributed by atoms with Gasteiger partial charge in [0.15, 0.2) is 0 Å². The first-order valence-corrected chi connectivity index (χ1v) is 6.51. The molecule has 2 rings (SSSR count). The lowest BCUT2D eigenvalue weighted by atomic mass is 10.3. The summed E-state index contributed by atoms with van der Waals surface area (Å²) in [6.45, 7) is 3.28. The maximum atomic E-state index is 11.6. The molecule has 0 radical (unpaired) electrons. The Bertz CT molecular complexity index is 418. The Kier molecular flexibility index (Phi) is 4.77. The summed E-state index contributed by atoms with van der Waals surface area (Å²) in [5.41, 5.74) is 0. The fourth-order valence-electron chi connectivity index (χ4n) is 1.98. The SMILES string of the molecule is O=C(CCCn1ccnc1)NCCN1CCNC1=O. The van der Waals surface area contributed by atoms with Crippen molar-refractivity contribution in [3.63, 3.8) is 0 Å². The Morgan fingerprint density at radius 1 is 1.47 bits per heavy atom. The van der Waals surface area contributed by atoms with Gasteiger partial charge in [-0.15, -0.1) is 0 Å². The Morgan fingerprint density at radius 2 is 2.37 bits per heavy atom. The third-order valence-corrected chi connectivity index (χ3v) is 3.03. The number of amides is 3. The molecular weight excluding hydrogens is 246 g/mol. The van der Waals surface area contributed by atoms with Crippen molar-refractivity contribution >= 4 is 11.9 Å². The maximum Gasteiger partial charge on any atom is 0.317 e. The quantitative estimate of drug-likeness (QED) is 0.717. The zero-order valence-electron chi connectivity index (χ0n) is 10.8. The Balaban J connectivity index is 1.53. The molecule has 2 heterocycles. The highest BCUT2D eigenvalue weighted by molar-refractivity contribution is 5.77. The first kappa shape index (κ1) is 13.4.